The third-order valence-electron chi connectivity index (χ3n) is 3.89. The molecule has 5 nitrogen and oxygen atoms in total. The minimum Gasteiger partial charge on any atom is -0.504 e. The number of ether oxygens (including phenoxy) is 1. The molecule has 2 aromatic carbocycles. The van der Waals surface area contributed by atoms with Gasteiger partial charge in [-0.25, -0.2) is 0 Å². The number of fused-ring (bicyclic) bond motifs is 1. The van der Waals surface area contributed by atoms with Gasteiger partial charge in [-0.3, -0.25) is 4.79 Å². The van der Waals surface area contributed by atoms with E-state index in [1.807, 2.05) is 0 Å². The first kappa shape index (κ1) is 16.9. The number of benzene rings is 2. The van der Waals surface area contributed by atoms with Crippen molar-refractivity contribution in [2.75, 3.05) is 19.0 Å². The smallest absolute Gasteiger partial charge is 0.406 e. The van der Waals surface area contributed by atoms with Gasteiger partial charge in [0, 0.05) is 5.69 Å². The van der Waals surface area contributed by atoms with Crippen LogP contribution >= 0.6 is 0 Å². The molecule has 1 heterocycles. The van der Waals surface area contributed by atoms with Gasteiger partial charge in [0.2, 0.25) is 0 Å². The van der Waals surface area contributed by atoms with Crippen molar-refractivity contribution >= 4 is 11.6 Å². The molecule has 0 aromatic heterocycles. The lowest BCUT2D eigenvalue weighted by molar-refractivity contribution is -0.144. The van der Waals surface area contributed by atoms with Crippen molar-refractivity contribution in [3.8, 4) is 11.5 Å². The van der Waals surface area contributed by atoms with Crippen molar-refractivity contribution in [3.05, 3.63) is 53.6 Å². The Balaban J connectivity index is 2.07. The van der Waals surface area contributed by atoms with Crippen molar-refractivity contribution in [2.45, 2.75) is 12.3 Å². The van der Waals surface area contributed by atoms with E-state index in [9.17, 15) is 23.1 Å². The fraction of sp³-hybridized carbons (Fsp3) is 0.235. The first-order valence-electron chi connectivity index (χ1n) is 7.40. The summed E-state index contributed by atoms with van der Waals surface area (Å²) in [5.74, 6) is -0.752. The first-order valence-corrected chi connectivity index (χ1v) is 7.40. The van der Waals surface area contributed by atoms with Crippen LogP contribution in [-0.4, -0.2) is 35.7 Å². The second kappa shape index (κ2) is 6.19. The van der Waals surface area contributed by atoms with Gasteiger partial charge in [-0.1, -0.05) is 18.2 Å². The van der Waals surface area contributed by atoms with E-state index in [2.05, 4.69) is 5.32 Å². The van der Waals surface area contributed by atoms with Crippen LogP contribution in [0.1, 0.15) is 22.1 Å². The van der Waals surface area contributed by atoms with E-state index in [0.29, 0.717) is 16.2 Å². The Labute approximate surface area is 141 Å². The average molecular weight is 352 g/mol. The van der Waals surface area contributed by atoms with Crippen LogP contribution < -0.4 is 10.1 Å². The molecular weight excluding hydrogens is 337 g/mol. The molecule has 1 aliphatic heterocycles. The normalized spacial score (nSPS) is 17.0. The zero-order valence-corrected chi connectivity index (χ0v) is 13.2. The van der Waals surface area contributed by atoms with Crippen molar-refractivity contribution in [1.82, 2.24) is 4.90 Å². The second-order valence-electron chi connectivity index (χ2n) is 5.57. The van der Waals surface area contributed by atoms with Crippen molar-refractivity contribution in [3.63, 3.8) is 0 Å². The maximum atomic E-state index is 13.0. The Kier molecular flexibility index (Phi) is 4.20. The lowest BCUT2D eigenvalue weighted by atomic mass is 10.0. The van der Waals surface area contributed by atoms with Gasteiger partial charge in [-0.05, 0) is 29.8 Å². The summed E-state index contributed by atoms with van der Waals surface area (Å²) < 4.78 is 44.0. The predicted octanol–water partition coefficient (Wildman–Crippen LogP) is 3.53. The van der Waals surface area contributed by atoms with E-state index in [0.717, 1.165) is 0 Å². The van der Waals surface area contributed by atoms with Crippen molar-refractivity contribution in [2.24, 2.45) is 0 Å². The number of alkyl halides is 3. The SMILES string of the molecule is COc1cc([C@H]2Nc3ccccc3C(=O)N2CC(F)(F)F)ccc1O. The number of carbonyl (C=O) groups is 1. The fourth-order valence-corrected chi connectivity index (χ4v) is 2.78. The number of amides is 1. The molecule has 1 amide bonds. The molecule has 0 unspecified atom stereocenters. The zero-order chi connectivity index (χ0) is 18.2. The monoisotopic (exact) mass is 352 g/mol. The zero-order valence-electron chi connectivity index (χ0n) is 13.2. The number of anilines is 1. The highest BCUT2D eigenvalue weighted by atomic mass is 19.4. The van der Waals surface area contributed by atoms with E-state index in [-0.39, 0.29) is 17.1 Å². The maximum absolute atomic E-state index is 13.0. The van der Waals surface area contributed by atoms with Gasteiger partial charge in [0.05, 0.1) is 12.7 Å². The molecule has 0 saturated carbocycles. The second-order valence-corrected chi connectivity index (χ2v) is 5.57. The summed E-state index contributed by atoms with van der Waals surface area (Å²) in [6, 6.07) is 10.5. The number of rotatable bonds is 3. The molecule has 0 saturated heterocycles. The van der Waals surface area contributed by atoms with E-state index < -0.39 is 24.8 Å². The van der Waals surface area contributed by atoms with Gasteiger partial charge in [0.15, 0.2) is 11.5 Å². The van der Waals surface area contributed by atoms with Gasteiger partial charge in [-0.2, -0.15) is 13.2 Å². The fourth-order valence-electron chi connectivity index (χ4n) is 2.78. The third-order valence-corrected chi connectivity index (χ3v) is 3.89. The predicted molar refractivity (Wildman–Crippen MR) is 84.6 cm³/mol. The number of phenols is 1. The number of halogens is 3. The van der Waals surface area contributed by atoms with Crippen LogP contribution in [0.2, 0.25) is 0 Å². The van der Waals surface area contributed by atoms with Crippen LogP contribution in [0.3, 0.4) is 0 Å². The van der Waals surface area contributed by atoms with Gasteiger partial charge in [-0.15, -0.1) is 0 Å². The molecule has 0 fully saturated rings. The Bertz CT molecular complexity index is 808. The van der Waals surface area contributed by atoms with E-state index in [1.54, 1.807) is 18.2 Å². The van der Waals surface area contributed by atoms with Crippen LogP contribution in [0.5, 0.6) is 11.5 Å². The summed E-state index contributed by atoms with van der Waals surface area (Å²) >= 11 is 0. The molecule has 0 aliphatic carbocycles. The number of para-hydroxylation sites is 1. The number of hydrogen-bond donors (Lipinski definition) is 2. The number of hydrogen-bond acceptors (Lipinski definition) is 4. The largest absolute Gasteiger partial charge is 0.504 e. The first-order chi connectivity index (χ1) is 11.8. The van der Waals surface area contributed by atoms with Crippen molar-refractivity contribution in [1.29, 1.82) is 0 Å². The maximum Gasteiger partial charge on any atom is 0.406 e. The minimum absolute atomic E-state index is 0.109. The topological polar surface area (TPSA) is 61.8 Å². The van der Waals surface area contributed by atoms with Gasteiger partial charge in [0.25, 0.3) is 5.91 Å². The van der Waals surface area contributed by atoms with Crippen LogP contribution in [0.15, 0.2) is 42.5 Å². The molecule has 0 bridgehead atoms. The molecule has 132 valence electrons. The van der Waals surface area contributed by atoms with E-state index in [1.165, 1.54) is 31.4 Å². The summed E-state index contributed by atoms with van der Waals surface area (Å²) in [5, 5.41) is 12.6. The minimum atomic E-state index is -4.55. The van der Waals surface area contributed by atoms with Crippen LogP contribution in [0.4, 0.5) is 18.9 Å². The number of carbonyl (C=O) groups excluding carboxylic acids is 1. The lowest BCUT2D eigenvalue weighted by Crippen LogP contribution is -2.47. The van der Waals surface area contributed by atoms with Crippen LogP contribution in [0, 0.1) is 0 Å². The molecule has 0 radical (unpaired) electrons. The number of nitrogens with zero attached hydrogens (tertiary/aromatic N) is 1. The number of methoxy groups -OCH3 is 1. The molecular formula is C17H15F3N2O3. The summed E-state index contributed by atoms with van der Waals surface area (Å²) in [4.78, 5) is 13.3. The molecule has 0 spiro atoms. The summed E-state index contributed by atoms with van der Waals surface area (Å²) in [7, 11) is 1.33. The molecule has 8 heteroatoms. The van der Waals surface area contributed by atoms with Crippen LogP contribution in [-0.2, 0) is 0 Å². The standard InChI is InChI=1S/C17H15F3N2O3/c1-25-14-8-10(6-7-13(14)23)15-21-12-5-3-2-4-11(12)16(24)22(15)9-17(18,19)20/h2-8,15,21,23H,9H2,1H3/t15-/m0/s1. The molecule has 25 heavy (non-hydrogen) atoms. The molecule has 1 aliphatic rings. The Morgan fingerprint density at radius 2 is 1.96 bits per heavy atom. The summed E-state index contributed by atoms with van der Waals surface area (Å²) in [6.45, 7) is -1.40. The molecule has 2 N–H and O–H groups in total. The molecule has 2 aromatic rings. The number of nitrogens with one attached hydrogen (secondary N) is 1. The molecule has 1 atom stereocenters. The number of aromatic hydroxyl groups is 1. The Morgan fingerprint density at radius 3 is 2.64 bits per heavy atom. The average Bonchev–Trinajstić information content (AvgIpc) is 2.57. The highest BCUT2D eigenvalue weighted by molar-refractivity contribution is 6.01. The highest BCUT2D eigenvalue weighted by Gasteiger charge is 2.40. The van der Waals surface area contributed by atoms with Crippen molar-refractivity contribution < 1.29 is 27.8 Å². The van der Waals surface area contributed by atoms with Crippen LogP contribution in [0.25, 0.3) is 0 Å². The lowest BCUT2D eigenvalue weighted by Gasteiger charge is -2.38. The Morgan fingerprint density at radius 1 is 1.24 bits per heavy atom. The van der Waals surface area contributed by atoms with Gasteiger partial charge in [0.1, 0.15) is 12.7 Å². The third kappa shape index (κ3) is 3.33. The van der Waals surface area contributed by atoms with E-state index in [4.69, 9.17) is 4.74 Å². The van der Waals surface area contributed by atoms with E-state index >= 15 is 0 Å². The Hall–Kier alpha value is -2.90. The quantitative estimate of drug-likeness (QED) is 0.887. The highest BCUT2D eigenvalue weighted by Crippen LogP contribution is 2.37. The number of phenolic OH excluding ortho intramolecular Hbond substituents is 1. The molecule has 3 rings (SSSR count). The summed E-state index contributed by atoms with van der Waals surface area (Å²) in [5.41, 5.74) is 0.985. The van der Waals surface area contributed by atoms with Gasteiger partial charge < -0.3 is 20.1 Å². The summed E-state index contributed by atoms with van der Waals surface area (Å²) in [6.07, 6.45) is -5.60. The van der Waals surface area contributed by atoms with Gasteiger partial charge >= 0.3 is 6.18 Å².